The Morgan fingerprint density at radius 1 is 1.47 bits per heavy atom. The number of hydrogen-bond acceptors (Lipinski definition) is 4. The zero-order valence-corrected chi connectivity index (χ0v) is 9.34. The Labute approximate surface area is 98.4 Å². The molecule has 0 radical (unpaired) electrons. The van der Waals surface area contributed by atoms with Gasteiger partial charge in [-0.3, -0.25) is 9.59 Å². The number of nitrogens with one attached hydrogen (secondary N) is 1. The van der Waals surface area contributed by atoms with E-state index in [2.05, 4.69) is 5.32 Å². The molecule has 1 atom stereocenters. The van der Waals surface area contributed by atoms with Crippen LogP contribution < -0.4 is 15.8 Å². The van der Waals surface area contributed by atoms with Gasteiger partial charge in [0, 0.05) is 0 Å². The molecule has 0 unspecified atom stereocenters. The highest BCUT2D eigenvalue weighted by molar-refractivity contribution is 5.97. The molecule has 0 fully saturated rings. The maximum atomic E-state index is 11.6. The molecule has 1 aromatic carbocycles. The van der Waals surface area contributed by atoms with E-state index in [4.69, 9.17) is 15.6 Å². The molecule has 0 spiro atoms. The Balaban J connectivity index is 2.70. The van der Waals surface area contributed by atoms with Crippen LogP contribution in [0.2, 0.25) is 0 Å². The Hall–Kier alpha value is -2.08. The van der Waals surface area contributed by atoms with Crippen molar-refractivity contribution in [1.82, 2.24) is 0 Å². The molecule has 0 aliphatic carbocycles. The van der Waals surface area contributed by atoms with Crippen LogP contribution in [0, 0.1) is 0 Å². The summed E-state index contributed by atoms with van der Waals surface area (Å²) in [5.74, 6) is -1.19. The Morgan fingerprint density at radius 3 is 2.71 bits per heavy atom. The van der Waals surface area contributed by atoms with Gasteiger partial charge in [-0.15, -0.1) is 0 Å². The van der Waals surface area contributed by atoms with Gasteiger partial charge in [-0.2, -0.15) is 0 Å². The lowest BCUT2D eigenvalue weighted by Gasteiger charge is -2.12. The van der Waals surface area contributed by atoms with Crippen LogP contribution in [-0.4, -0.2) is 30.1 Å². The molecule has 0 aromatic heterocycles. The fourth-order valence-corrected chi connectivity index (χ4v) is 1.25. The number of ether oxygens (including phenoxy) is 1. The van der Waals surface area contributed by atoms with Crippen molar-refractivity contribution >= 4 is 17.6 Å². The highest BCUT2D eigenvalue weighted by atomic mass is 16.5. The smallest absolute Gasteiger partial charge is 0.305 e. The highest BCUT2D eigenvalue weighted by Gasteiger charge is 2.18. The van der Waals surface area contributed by atoms with Gasteiger partial charge in [0.05, 0.1) is 25.3 Å². The number of hydrogen-bond donors (Lipinski definition) is 3. The first-order valence-corrected chi connectivity index (χ1v) is 4.96. The number of carboxylic acids is 1. The second kappa shape index (κ2) is 5.86. The number of carbonyl (C=O) groups is 2. The molecule has 1 amide bonds. The number of para-hydroxylation sites is 2. The third kappa shape index (κ3) is 3.76. The van der Waals surface area contributed by atoms with Crippen LogP contribution >= 0.6 is 0 Å². The van der Waals surface area contributed by atoms with E-state index in [0.717, 1.165) is 0 Å². The maximum Gasteiger partial charge on any atom is 0.305 e. The van der Waals surface area contributed by atoms with E-state index in [0.29, 0.717) is 11.4 Å². The molecule has 6 heteroatoms. The summed E-state index contributed by atoms with van der Waals surface area (Å²) in [7, 11) is 1.47. The highest BCUT2D eigenvalue weighted by Crippen LogP contribution is 2.22. The van der Waals surface area contributed by atoms with Crippen LogP contribution in [-0.2, 0) is 9.59 Å². The SMILES string of the molecule is COc1ccccc1NC(=O)[C@@H](N)CC(=O)O. The van der Waals surface area contributed by atoms with Gasteiger partial charge in [-0.05, 0) is 12.1 Å². The molecule has 0 saturated heterocycles. The van der Waals surface area contributed by atoms with Gasteiger partial charge < -0.3 is 20.9 Å². The maximum absolute atomic E-state index is 11.6. The fraction of sp³-hybridized carbons (Fsp3) is 0.273. The Kier molecular flexibility index (Phi) is 4.47. The van der Waals surface area contributed by atoms with Crippen LogP contribution in [0.3, 0.4) is 0 Å². The molecule has 0 heterocycles. The minimum atomic E-state index is -1.12. The lowest BCUT2D eigenvalue weighted by atomic mass is 10.2. The molecule has 1 rings (SSSR count). The van der Waals surface area contributed by atoms with E-state index in [1.54, 1.807) is 24.3 Å². The van der Waals surface area contributed by atoms with Crippen LogP contribution in [0.1, 0.15) is 6.42 Å². The summed E-state index contributed by atoms with van der Waals surface area (Å²) in [4.78, 5) is 22.0. The zero-order valence-electron chi connectivity index (χ0n) is 9.34. The van der Waals surface area contributed by atoms with E-state index in [1.807, 2.05) is 0 Å². The van der Waals surface area contributed by atoms with Gasteiger partial charge >= 0.3 is 5.97 Å². The second-order valence-corrected chi connectivity index (χ2v) is 3.39. The van der Waals surface area contributed by atoms with Crippen molar-refractivity contribution in [2.24, 2.45) is 5.73 Å². The summed E-state index contributed by atoms with van der Waals surface area (Å²) >= 11 is 0. The summed E-state index contributed by atoms with van der Waals surface area (Å²) in [6.07, 6.45) is -0.416. The van der Waals surface area contributed by atoms with Gasteiger partial charge in [0.2, 0.25) is 5.91 Å². The van der Waals surface area contributed by atoms with Crippen molar-refractivity contribution in [2.45, 2.75) is 12.5 Å². The minimum Gasteiger partial charge on any atom is -0.495 e. The Bertz CT molecular complexity index is 420. The number of anilines is 1. The van der Waals surface area contributed by atoms with E-state index in [-0.39, 0.29) is 0 Å². The van der Waals surface area contributed by atoms with Gasteiger partial charge in [-0.1, -0.05) is 12.1 Å². The normalized spacial score (nSPS) is 11.6. The van der Waals surface area contributed by atoms with E-state index in [1.165, 1.54) is 7.11 Å². The molecule has 17 heavy (non-hydrogen) atoms. The Morgan fingerprint density at radius 2 is 2.12 bits per heavy atom. The number of carbonyl (C=O) groups excluding carboxylic acids is 1. The quantitative estimate of drug-likeness (QED) is 0.690. The first-order valence-electron chi connectivity index (χ1n) is 4.96. The second-order valence-electron chi connectivity index (χ2n) is 3.39. The first-order chi connectivity index (χ1) is 8.04. The van der Waals surface area contributed by atoms with Crippen LogP contribution in [0.15, 0.2) is 24.3 Å². The number of methoxy groups -OCH3 is 1. The van der Waals surface area contributed by atoms with Crippen molar-refractivity contribution in [1.29, 1.82) is 0 Å². The largest absolute Gasteiger partial charge is 0.495 e. The predicted molar refractivity (Wildman–Crippen MR) is 61.9 cm³/mol. The summed E-state index contributed by atoms with van der Waals surface area (Å²) in [6.45, 7) is 0. The molecule has 0 saturated carbocycles. The topological polar surface area (TPSA) is 102 Å². The van der Waals surface area contributed by atoms with Crippen molar-refractivity contribution in [3.05, 3.63) is 24.3 Å². The molecular weight excluding hydrogens is 224 g/mol. The van der Waals surface area contributed by atoms with E-state index < -0.39 is 24.3 Å². The summed E-state index contributed by atoms with van der Waals surface area (Å²) < 4.78 is 5.04. The molecule has 6 nitrogen and oxygen atoms in total. The number of benzene rings is 1. The average molecular weight is 238 g/mol. The number of rotatable bonds is 5. The molecule has 92 valence electrons. The minimum absolute atomic E-state index is 0.416. The summed E-state index contributed by atoms with van der Waals surface area (Å²) in [6, 6.07) is 5.71. The fourth-order valence-electron chi connectivity index (χ4n) is 1.25. The van der Waals surface area contributed by atoms with Gasteiger partial charge in [0.15, 0.2) is 0 Å². The lowest BCUT2D eigenvalue weighted by molar-refractivity contribution is -0.138. The third-order valence-electron chi connectivity index (χ3n) is 2.10. The summed E-state index contributed by atoms with van der Waals surface area (Å²) in [5.41, 5.74) is 5.88. The number of carboxylic acid groups (broad SMARTS) is 1. The molecule has 0 aliphatic rings. The van der Waals surface area contributed by atoms with Crippen LogP contribution in [0.25, 0.3) is 0 Å². The number of nitrogens with two attached hydrogens (primary N) is 1. The molecule has 1 aromatic rings. The van der Waals surface area contributed by atoms with Crippen molar-refractivity contribution in [3.63, 3.8) is 0 Å². The zero-order chi connectivity index (χ0) is 12.8. The standard InChI is InChI=1S/C11H14N2O4/c1-17-9-5-3-2-4-8(9)13-11(16)7(12)6-10(14)15/h2-5,7H,6,12H2,1H3,(H,13,16)(H,14,15)/t7-/m0/s1. The monoisotopic (exact) mass is 238 g/mol. The number of aliphatic carboxylic acids is 1. The van der Waals surface area contributed by atoms with Crippen molar-refractivity contribution in [3.8, 4) is 5.75 Å². The van der Waals surface area contributed by atoms with Gasteiger partial charge in [0.25, 0.3) is 0 Å². The van der Waals surface area contributed by atoms with Gasteiger partial charge in [-0.25, -0.2) is 0 Å². The van der Waals surface area contributed by atoms with E-state index in [9.17, 15) is 9.59 Å². The molecule has 0 bridgehead atoms. The first kappa shape index (κ1) is 13.0. The van der Waals surface area contributed by atoms with E-state index >= 15 is 0 Å². The number of amides is 1. The van der Waals surface area contributed by atoms with Crippen LogP contribution in [0.4, 0.5) is 5.69 Å². The molecular formula is C11H14N2O4. The van der Waals surface area contributed by atoms with Gasteiger partial charge in [0.1, 0.15) is 5.75 Å². The molecule has 4 N–H and O–H groups in total. The summed E-state index contributed by atoms with van der Waals surface area (Å²) in [5, 5.41) is 11.0. The van der Waals surface area contributed by atoms with Crippen LogP contribution in [0.5, 0.6) is 5.75 Å². The van der Waals surface area contributed by atoms with Crippen molar-refractivity contribution < 1.29 is 19.4 Å². The lowest BCUT2D eigenvalue weighted by Crippen LogP contribution is -2.37. The van der Waals surface area contributed by atoms with Crippen molar-refractivity contribution in [2.75, 3.05) is 12.4 Å². The average Bonchev–Trinajstić information content (AvgIpc) is 2.28. The predicted octanol–water partition coefficient (Wildman–Crippen LogP) is 0.436. The molecule has 0 aliphatic heterocycles. The third-order valence-corrected chi connectivity index (χ3v) is 2.10.